The largest absolute Gasteiger partial charge is 0.338 e. The second-order valence-electron chi connectivity index (χ2n) is 3.31. The minimum absolute atomic E-state index is 0.131. The highest BCUT2D eigenvalue weighted by Crippen LogP contribution is 2.21. The summed E-state index contributed by atoms with van der Waals surface area (Å²) in [6, 6.07) is 10.1. The molecule has 0 radical (unpaired) electrons. The third kappa shape index (κ3) is 2.18. The van der Waals surface area contributed by atoms with E-state index in [2.05, 4.69) is 10.1 Å². The summed E-state index contributed by atoms with van der Waals surface area (Å²) in [4.78, 5) is 4.20. The normalized spacial score (nSPS) is 12.7. The molecule has 0 aliphatic carbocycles. The summed E-state index contributed by atoms with van der Waals surface area (Å²) in [6.45, 7) is 2.04. The molecule has 0 aliphatic heterocycles. The molecule has 15 heavy (non-hydrogen) atoms. The Kier molecular flexibility index (Phi) is 3.02. The van der Waals surface area contributed by atoms with Crippen LogP contribution in [-0.4, -0.2) is 10.1 Å². The van der Waals surface area contributed by atoms with Crippen LogP contribution in [0.5, 0.6) is 0 Å². The van der Waals surface area contributed by atoms with Crippen LogP contribution in [-0.2, 0) is 5.88 Å². The number of aromatic nitrogens is 2. The predicted molar refractivity (Wildman–Crippen MR) is 57.8 cm³/mol. The van der Waals surface area contributed by atoms with Crippen molar-refractivity contribution >= 4 is 11.6 Å². The van der Waals surface area contributed by atoms with Crippen LogP contribution in [0.3, 0.4) is 0 Å². The van der Waals surface area contributed by atoms with Crippen LogP contribution in [0.2, 0.25) is 0 Å². The SMILES string of the molecule is C[C@H](c1ccccc1)c1noc(CCl)n1. The van der Waals surface area contributed by atoms with E-state index in [1.54, 1.807) is 0 Å². The van der Waals surface area contributed by atoms with Crippen LogP contribution in [0.25, 0.3) is 0 Å². The highest BCUT2D eigenvalue weighted by atomic mass is 35.5. The van der Waals surface area contributed by atoms with Crippen molar-refractivity contribution in [2.45, 2.75) is 18.7 Å². The molecule has 3 nitrogen and oxygen atoms in total. The molecule has 0 saturated carbocycles. The van der Waals surface area contributed by atoms with Gasteiger partial charge in [-0.15, -0.1) is 11.6 Å². The maximum atomic E-state index is 5.59. The fourth-order valence-electron chi connectivity index (χ4n) is 1.39. The van der Waals surface area contributed by atoms with E-state index in [4.69, 9.17) is 16.1 Å². The molecule has 0 aliphatic rings. The van der Waals surface area contributed by atoms with Gasteiger partial charge in [0.2, 0.25) is 5.89 Å². The van der Waals surface area contributed by atoms with Gasteiger partial charge in [0.05, 0.1) is 0 Å². The molecule has 0 fully saturated rings. The van der Waals surface area contributed by atoms with Gasteiger partial charge >= 0.3 is 0 Å². The van der Waals surface area contributed by atoms with Crippen molar-refractivity contribution in [1.82, 2.24) is 10.1 Å². The molecule has 0 saturated heterocycles. The van der Waals surface area contributed by atoms with E-state index in [0.29, 0.717) is 11.7 Å². The quantitative estimate of drug-likeness (QED) is 0.750. The second kappa shape index (κ2) is 4.45. The van der Waals surface area contributed by atoms with Gasteiger partial charge in [0.1, 0.15) is 5.88 Å². The zero-order valence-electron chi connectivity index (χ0n) is 8.35. The first-order valence-corrected chi connectivity index (χ1v) is 5.28. The maximum absolute atomic E-state index is 5.59. The van der Waals surface area contributed by atoms with Crippen LogP contribution < -0.4 is 0 Å². The monoisotopic (exact) mass is 222 g/mol. The fraction of sp³-hybridized carbons (Fsp3) is 0.273. The van der Waals surface area contributed by atoms with Gasteiger partial charge < -0.3 is 4.52 Å². The Balaban J connectivity index is 2.24. The molecule has 0 spiro atoms. The maximum Gasteiger partial charge on any atom is 0.241 e. The van der Waals surface area contributed by atoms with Gasteiger partial charge in [0, 0.05) is 5.92 Å². The first-order chi connectivity index (χ1) is 7.31. The average molecular weight is 223 g/mol. The lowest BCUT2D eigenvalue weighted by molar-refractivity contribution is 0.383. The molecule has 0 amide bonds. The van der Waals surface area contributed by atoms with Gasteiger partial charge in [-0.1, -0.05) is 42.4 Å². The summed E-state index contributed by atoms with van der Waals surface area (Å²) in [5, 5.41) is 3.89. The van der Waals surface area contributed by atoms with Crippen molar-refractivity contribution in [2.75, 3.05) is 0 Å². The highest BCUT2D eigenvalue weighted by molar-refractivity contribution is 6.16. The van der Waals surface area contributed by atoms with Gasteiger partial charge in [-0.2, -0.15) is 4.98 Å². The van der Waals surface area contributed by atoms with E-state index in [-0.39, 0.29) is 11.8 Å². The zero-order valence-corrected chi connectivity index (χ0v) is 9.11. The minimum Gasteiger partial charge on any atom is -0.338 e. The van der Waals surface area contributed by atoms with Crippen molar-refractivity contribution in [3.8, 4) is 0 Å². The first-order valence-electron chi connectivity index (χ1n) is 4.74. The lowest BCUT2D eigenvalue weighted by Crippen LogP contribution is -1.98. The third-order valence-corrected chi connectivity index (χ3v) is 2.51. The number of alkyl halides is 1. The Hall–Kier alpha value is -1.35. The number of hydrogen-bond donors (Lipinski definition) is 0. The first kappa shape index (κ1) is 10.2. The molecule has 2 aromatic rings. The Bertz CT molecular complexity index is 427. The van der Waals surface area contributed by atoms with Crippen LogP contribution in [0, 0.1) is 0 Å². The lowest BCUT2D eigenvalue weighted by atomic mass is 10.0. The molecule has 2 rings (SSSR count). The summed E-state index contributed by atoms with van der Waals surface area (Å²) in [5.74, 6) is 1.53. The zero-order chi connectivity index (χ0) is 10.7. The van der Waals surface area contributed by atoms with E-state index in [1.807, 2.05) is 37.3 Å². The molecule has 78 valence electrons. The standard InChI is InChI=1S/C11H11ClN2O/c1-8(9-5-3-2-4-6-9)11-13-10(7-12)15-14-11/h2-6,8H,7H2,1H3/t8-/m1/s1. The van der Waals surface area contributed by atoms with Gasteiger partial charge in [0.15, 0.2) is 5.82 Å². The van der Waals surface area contributed by atoms with E-state index < -0.39 is 0 Å². The number of benzene rings is 1. The van der Waals surface area contributed by atoms with Crippen molar-refractivity contribution in [3.05, 3.63) is 47.6 Å². The van der Waals surface area contributed by atoms with Crippen LogP contribution >= 0.6 is 11.6 Å². The molecule has 1 heterocycles. The molecule has 0 unspecified atom stereocenters. The minimum atomic E-state index is 0.131. The van der Waals surface area contributed by atoms with Crippen molar-refractivity contribution in [3.63, 3.8) is 0 Å². The van der Waals surface area contributed by atoms with Gasteiger partial charge in [0.25, 0.3) is 0 Å². The Morgan fingerprint density at radius 3 is 2.67 bits per heavy atom. The molecule has 4 heteroatoms. The van der Waals surface area contributed by atoms with E-state index in [1.165, 1.54) is 5.56 Å². The summed E-state index contributed by atoms with van der Waals surface area (Å²) >= 11 is 5.59. The van der Waals surface area contributed by atoms with E-state index >= 15 is 0 Å². The third-order valence-electron chi connectivity index (χ3n) is 2.28. The van der Waals surface area contributed by atoms with Crippen molar-refractivity contribution < 1.29 is 4.52 Å². The summed E-state index contributed by atoms with van der Waals surface area (Å²) in [6.07, 6.45) is 0. The Morgan fingerprint density at radius 1 is 1.33 bits per heavy atom. The molecule has 1 aromatic carbocycles. The van der Waals surface area contributed by atoms with Gasteiger partial charge in [-0.05, 0) is 5.56 Å². The summed E-state index contributed by atoms with van der Waals surface area (Å²) < 4.78 is 4.96. The summed E-state index contributed by atoms with van der Waals surface area (Å²) in [7, 11) is 0. The topological polar surface area (TPSA) is 38.9 Å². The van der Waals surface area contributed by atoms with Gasteiger partial charge in [-0.3, -0.25) is 0 Å². The Morgan fingerprint density at radius 2 is 2.07 bits per heavy atom. The molecule has 1 aromatic heterocycles. The van der Waals surface area contributed by atoms with Crippen LogP contribution in [0.4, 0.5) is 0 Å². The fourth-order valence-corrected chi connectivity index (χ4v) is 1.50. The molecular formula is C11H11ClN2O. The number of nitrogens with zero attached hydrogens (tertiary/aromatic N) is 2. The predicted octanol–water partition coefficient (Wildman–Crippen LogP) is 2.96. The number of hydrogen-bond acceptors (Lipinski definition) is 3. The Labute approximate surface area is 93.1 Å². The highest BCUT2D eigenvalue weighted by Gasteiger charge is 2.14. The molecule has 0 N–H and O–H groups in total. The van der Waals surface area contributed by atoms with Crippen LogP contribution in [0.15, 0.2) is 34.9 Å². The number of rotatable bonds is 3. The smallest absolute Gasteiger partial charge is 0.241 e. The van der Waals surface area contributed by atoms with Crippen molar-refractivity contribution in [2.24, 2.45) is 0 Å². The number of halogens is 1. The lowest BCUT2D eigenvalue weighted by Gasteiger charge is -2.05. The van der Waals surface area contributed by atoms with Gasteiger partial charge in [-0.25, -0.2) is 0 Å². The van der Waals surface area contributed by atoms with Crippen molar-refractivity contribution in [1.29, 1.82) is 0 Å². The van der Waals surface area contributed by atoms with Crippen LogP contribution in [0.1, 0.15) is 30.1 Å². The molecular weight excluding hydrogens is 212 g/mol. The molecule has 0 bridgehead atoms. The second-order valence-corrected chi connectivity index (χ2v) is 3.58. The molecule has 1 atom stereocenters. The summed E-state index contributed by atoms with van der Waals surface area (Å²) in [5.41, 5.74) is 1.17. The van der Waals surface area contributed by atoms with E-state index in [0.717, 1.165) is 0 Å². The average Bonchev–Trinajstić information content (AvgIpc) is 2.78. The van der Waals surface area contributed by atoms with E-state index in [9.17, 15) is 0 Å².